The first-order valence-corrected chi connectivity index (χ1v) is 7.67. The molecule has 1 atom stereocenters. The van der Waals surface area contributed by atoms with Gasteiger partial charge >= 0.3 is 0 Å². The molecule has 19 heavy (non-hydrogen) atoms. The number of benzene rings is 1. The summed E-state index contributed by atoms with van der Waals surface area (Å²) in [7, 11) is 1.64. The number of aliphatic imine (C=N–C) groups is 1. The lowest BCUT2D eigenvalue weighted by molar-refractivity contribution is 0.417. The van der Waals surface area contributed by atoms with Crippen LogP contribution in [0.25, 0.3) is 0 Å². The van der Waals surface area contributed by atoms with Crippen LogP contribution in [-0.4, -0.2) is 23.6 Å². The predicted molar refractivity (Wildman–Crippen MR) is 85.0 cm³/mol. The summed E-state index contributed by atoms with van der Waals surface area (Å²) < 4.78 is 5.36. The van der Waals surface area contributed by atoms with Gasteiger partial charge < -0.3 is 10.1 Å². The summed E-state index contributed by atoms with van der Waals surface area (Å²) in [6, 6.07) is 3.82. The summed E-state index contributed by atoms with van der Waals surface area (Å²) in [5.74, 6) is 1.75. The molecule has 104 valence electrons. The van der Waals surface area contributed by atoms with Crippen LogP contribution in [0, 0.1) is 6.92 Å². The number of amidine groups is 1. The number of aryl methyl sites for hydroxylation is 1. The third kappa shape index (κ3) is 3.18. The Morgan fingerprint density at radius 2 is 2.26 bits per heavy atom. The predicted octanol–water partition coefficient (Wildman–Crippen LogP) is 4.34. The fourth-order valence-corrected chi connectivity index (χ4v) is 3.16. The summed E-state index contributed by atoms with van der Waals surface area (Å²) in [4.78, 5) is 4.74. The molecule has 1 heterocycles. The summed E-state index contributed by atoms with van der Waals surface area (Å²) in [6.07, 6.45) is 1.04. The van der Waals surface area contributed by atoms with Crippen molar-refractivity contribution in [2.45, 2.75) is 32.7 Å². The first kappa shape index (κ1) is 14.5. The molecule has 0 radical (unpaired) electrons. The fourth-order valence-electron chi connectivity index (χ4n) is 1.82. The highest BCUT2D eigenvalue weighted by atomic mass is 35.5. The Bertz CT molecular complexity index is 518. The molecule has 0 aromatic heterocycles. The van der Waals surface area contributed by atoms with E-state index in [2.05, 4.69) is 19.2 Å². The number of thioether (sulfide) groups is 1. The van der Waals surface area contributed by atoms with Crippen LogP contribution in [0.4, 0.5) is 5.69 Å². The highest BCUT2D eigenvalue weighted by Gasteiger charge is 2.29. The minimum Gasteiger partial charge on any atom is -0.495 e. The average molecular weight is 299 g/mol. The smallest absolute Gasteiger partial charge is 0.161 e. The lowest BCUT2D eigenvalue weighted by atomic mass is 10.0. The Morgan fingerprint density at radius 1 is 1.53 bits per heavy atom. The molecule has 0 bridgehead atoms. The van der Waals surface area contributed by atoms with Crippen molar-refractivity contribution in [3.05, 3.63) is 22.7 Å². The number of rotatable bonds is 3. The van der Waals surface area contributed by atoms with E-state index in [1.54, 1.807) is 18.9 Å². The van der Waals surface area contributed by atoms with Crippen molar-refractivity contribution in [1.29, 1.82) is 0 Å². The van der Waals surface area contributed by atoms with Gasteiger partial charge in [0, 0.05) is 16.8 Å². The molecule has 1 aromatic rings. The Hall–Kier alpha value is -0.870. The fraction of sp³-hybridized carbons (Fsp3) is 0.500. The molecule has 0 fully saturated rings. The average Bonchev–Trinajstić information content (AvgIpc) is 2.76. The summed E-state index contributed by atoms with van der Waals surface area (Å²) in [5.41, 5.74) is 1.98. The van der Waals surface area contributed by atoms with E-state index in [9.17, 15) is 0 Å². The van der Waals surface area contributed by atoms with Crippen LogP contribution in [0.1, 0.15) is 25.8 Å². The van der Waals surface area contributed by atoms with Crippen LogP contribution in [0.3, 0.4) is 0 Å². The molecule has 1 aliphatic heterocycles. The molecule has 1 unspecified atom stereocenters. The van der Waals surface area contributed by atoms with Gasteiger partial charge in [0.1, 0.15) is 5.75 Å². The van der Waals surface area contributed by atoms with Crippen LogP contribution in [0.2, 0.25) is 5.02 Å². The van der Waals surface area contributed by atoms with Crippen LogP contribution in [0.15, 0.2) is 17.1 Å². The summed E-state index contributed by atoms with van der Waals surface area (Å²) in [6.45, 7) is 6.33. The van der Waals surface area contributed by atoms with Crippen molar-refractivity contribution in [3.63, 3.8) is 0 Å². The van der Waals surface area contributed by atoms with Crippen LogP contribution in [0.5, 0.6) is 5.75 Å². The van der Waals surface area contributed by atoms with Gasteiger partial charge in [-0.15, -0.1) is 0 Å². The largest absolute Gasteiger partial charge is 0.495 e. The Labute approximate surface area is 123 Å². The quantitative estimate of drug-likeness (QED) is 0.901. The van der Waals surface area contributed by atoms with Crippen molar-refractivity contribution in [1.82, 2.24) is 0 Å². The second kappa shape index (κ2) is 5.63. The van der Waals surface area contributed by atoms with Crippen molar-refractivity contribution in [3.8, 4) is 5.75 Å². The standard InChI is InChI=1S/C14H19ClN2OS/c1-5-14(3)8-19-13(17-14)16-11-6-9(2)10(15)7-12(11)18-4/h6-7H,5,8H2,1-4H3,(H,16,17). The van der Waals surface area contributed by atoms with E-state index in [1.807, 2.05) is 19.1 Å². The zero-order valence-corrected chi connectivity index (χ0v) is 13.3. The number of hydrogen-bond donors (Lipinski definition) is 1. The summed E-state index contributed by atoms with van der Waals surface area (Å²) >= 11 is 7.85. The van der Waals surface area contributed by atoms with E-state index in [4.69, 9.17) is 21.3 Å². The maximum absolute atomic E-state index is 6.11. The molecule has 2 rings (SSSR count). The van der Waals surface area contributed by atoms with Crippen molar-refractivity contribution in [2.24, 2.45) is 4.99 Å². The molecule has 1 aliphatic rings. The number of ether oxygens (including phenoxy) is 1. The molecule has 3 nitrogen and oxygen atoms in total. The Kier molecular flexibility index (Phi) is 4.31. The van der Waals surface area contributed by atoms with Gasteiger partial charge in [-0.05, 0) is 31.9 Å². The van der Waals surface area contributed by atoms with Gasteiger partial charge in [-0.3, -0.25) is 4.99 Å². The minimum absolute atomic E-state index is 0.0434. The minimum atomic E-state index is 0.0434. The molecule has 1 aromatic carbocycles. The Morgan fingerprint density at radius 3 is 2.84 bits per heavy atom. The third-order valence-electron chi connectivity index (χ3n) is 3.38. The van der Waals surface area contributed by atoms with Crippen molar-refractivity contribution in [2.75, 3.05) is 18.2 Å². The Balaban J connectivity index is 2.25. The monoisotopic (exact) mass is 298 g/mol. The molecular formula is C14H19ClN2OS. The van der Waals surface area contributed by atoms with Gasteiger partial charge in [-0.25, -0.2) is 0 Å². The molecular weight excluding hydrogens is 280 g/mol. The molecule has 0 amide bonds. The molecule has 0 spiro atoms. The maximum atomic E-state index is 6.11. The first-order valence-electron chi connectivity index (χ1n) is 6.31. The van der Waals surface area contributed by atoms with E-state index < -0.39 is 0 Å². The van der Waals surface area contributed by atoms with Crippen LogP contribution in [-0.2, 0) is 0 Å². The number of hydrogen-bond acceptors (Lipinski definition) is 4. The molecule has 1 N–H and O–H groups in total. The topological polar surface area (TPSA) is 33.6 Å². The zero-order chi connectivity index (χ0) is 14.0. The number of nitrogens with zero attached hydrogens (tertiary/aromatic N) is 1. The van der Waals surface area contributed by atoms with Crippen LogP contribution < -0.4 is 10.1 Å². The van der Waals surface area contributed by atoms with Gasteiger partial charge in [0.05, 0.1) is 18.3 Å². The van der Waals surface area contributed by atoms with Gasteiger partial charge in [-0.1, -0.05) is 30.3 Å². The molecule has 0 saturated carbocycles. The molecule has 0 saturated heterocycles. The second-order valence-corrected chi connectivity index (χ2v) is 6.35. The van der Waals surface area contributed by atoms with E-state index in [-0.39, 0.29) is 5.54 Å². The van der Waals surface area contributed by atoms with Gasteiger partial charge in [0.15, 0.2) is 5.17 Å². The SMILES string of the molecule is CCC1(C)CSC(Nc2cc(C)c(Cl)cc2OC)=N1. The number of nitrogens with one attached hydrogen (secondary N) is 1. The van der Waals surface area contributed by atoms with Gasteiger partial charge in [0.25, 0.3) is 0 Å². The number of methoxy groups -OCH3 is 1. The lowest BCUT2D eigenvalue weighted by Crippen LogP contribution is -2.20. The van der Waals surface area contributed by atoms with Gasteiger partial charge in [-0.2, -0.15) is 0 Å². The highest BCUT2D eigenvalue weighted by Crippen LogP contribution is 2.35. The van der Waals surface area contributed by atoms with Crippen LogP contribution >= 0.6 is 23.4 Å². The first-order chi connectivity index (χ1) is 8.97. The number of anilines is 1. The van der Waals surface area contributed by atoms with E-state index >= 15 is 0 Å². The lowest BCUT2D eigenvalue weighted by Gasteiger charge is -2.15. The number of halogens is 1. The maximum Gasteiger partial charge on any atom is 0.161 e. The van der Waals surface area contributed by atoms with Gasteiger partial charge in [0.2, 0.25) is 0 Å². The van der Waals surface area contributed by atoms with E-state index in [1.165, 1.54) is 0 Å². The normalized spacial score (nSPS) is 22.3. The van der Waals surface area contributed by atoms with Crippen molar-refractivity contribution >= 4 is 34.2 Å². The highest BCUT2D eigenvalue weighted by molar-refractivity contribution is 8.14. The molecule has 5 heteroatoms. The third-order valence-corrected chi connectivity index (χ3v) is 5.02. The summed E-state index contributed by atoms with van der Waals surface area (Å²) in [5, 5.41) is 5.01. The van der Waals surface area contributed by atoms with E-state index in [0.29, 0.717) is 5.02 Å². The molecule has 0 aliphatic carbocycles. The second-order valence-electron chi connectivity index (χ2n) is 4.98. The van der Waals surface area contributed by atoms with Crippen molar-refractivity contribution < 1.29 is 4.74 Å². The zero-order valence-electron chi connectivity index (χ0n) is 11.7. The van der Waals surface area contributed by atoms with E-state index in [0.717, 1.165) is 34.3 Å².